The molecule has 0 aliphatic heterocycles. The third-order valence-electron chi connectivity index (χ3n) is 2.59. The Kier molecular flexibility index (Phi) is 3.37. The molecule has 1 unspecified atom stereocenters. The molecular formula is C15H17N. The van der Waals surface area contributed by atoms with Gasteiger partial charge in [0, 0.05) is 6.04 Å². The molecule has 2 aromatic rings. The van der Waals surface area contributed by atoms with Crippen molar-refractivity contribution in [2.24, 2.45) is 5.73 Å². The fourth-order valence-electron chi connectivity index (χ4n) is 1.88. The highest BCUT2D eigenvalue weighted by atomic mass is 14.6. The topological polar surface area (TPSA) is 26.0 Å². The third kappa shape index (κ3) is 2.71. The fourth-order valence-corrected chi connectivity index (χ4v) is 1.88. The minimum absolute atomic E-state index is 0.214. The van der Waals surface area contributed by atoms with E-state index in [0.29, 0.717) is 0 Å². The Labute approximate surface area is 96.9 Å². The second-order valence-corrected chi connectivity index (χ2v) is 4.25. The summed E-state index contributed by atoms with van der Waals surface area (Å²) in [5, 5.41) is 0. The summed E-state index contributed by atoms with van der Waals surface area (Å²) in [7, 11) is 0. The van der Waals surface area contributed by atoms with Crippen LogP contribution >= 0.6 is 0 Å². The highest BCUT2D eigenvalue weighted by Gasteiger charge is 2.00. The summed E-state index contributed by atoms with van der Waals surface area (Å²) in [5.41, 5.74) is 9.64. The molecule has 1 atom stereocenters. The first-order chi connectivity index (χ1) is 7.75. The van der Waals surface area contributed by atoms with Crippen LogP contribution in [0.15, 0.2) is 54.6 Å². The quantitative estimate of drug-likeness (QED) is 0.828. The van der Waals surface area contributed by atoms with Crippen LogP contribution in [0.2, 0.25) is 0 Å². The normalized spacial score (nSPS) is 12.4. The minimum Gasteiger partial charge on any atom is -0.328 e. The van der Waals surface area contributed by atoms with Gasteiger partial charge in [-0.05, 0) is 30.0 Å². The Morgan fingerprint density at radius 3 is 2.31 bits per heavy atom. The summed E-state index contributed by atoms with van der Waals surface area (Å²) in [6.07, 6.45) is 0.931. The maximum Gasteiger partial charge on any atom is 0.00509 e. The molecular weight excluding hydrogens is 194 g/mol. The van der Waals surface area contributed by atoms with Crippen molar-refractivity contribution in [3.05, 3.63) is 60.2 Å². The van der Waals surface area contributed by atoms with Crippen LogP contribution in [0, 0.1) is 0 Å². The Hall–Kier alpha value is -1.60. The zero-order valence-electron chi connectivity index (χ0n) is 9.56. The van der Waals surface area contributed by atoms with Gasteiger partial charge in [-0.1, -0.05) is 54.6 Å². The number of hydrogen-bond acceptors (Lipinski definition) is 1. The first-order valence-corrected chi connectivity index (χ1v) is 5.65. The van der Waals surface area contributed by atoms with Crippen LogP contribution in [0.5, 0.6) is 0 Å². The fraction of sp³-hybridized carbons (Fsp3) is 0.200. The lowest BCUT2D eigenvalue weighted by Crippen LogP contribution is -2.17. The maximum absolute atomic E-state index is 5.81. The van der Waals surface area contributed by atoms with Gasteiger partial charge in [0.2, 0.25) is 0 Å². The van der Waals surface area contributed by atoms with E-state index in [1.165, 1.54) is 16.7 Å². The van der Waals surface area contributed by atoms with Crippen molar-refractivity contribution >= 4 is 0 Å². The van der Waals surface area contributed by atoms with Crippen LogP contribution in [0.4, 0.5) is 0 Å². The highest BCUT2D eigenvalue weighted by Crippen LogP contribution is 2.20. The van der Waals surface area contributed by atoms with Gasteiger partial charge in [-0.25, -0.2) is 0 Å². The summed E-state index contributed by atoms with van der Waals surface area (Å²) in [4.78, 5) is 0. The molecule has 0 saturated carbocycles. The van der Waals surface area contributed by atoms with E-state index in [1.54, 1.807) is 0 Å². The Balaban J connectivity index is 2.29. The van der Waals surface area contributed by atoms with Crippen LogP contribution in [-0.4, -0.2) is 6.04 Å². The van der Waals surface area contributed by atoms with E-state index in [9.17, 15) is 0 Å². The minimum atomic E-state index is 0.214. The summed E-state index contributed by atoms with van der Waals surface area (Å²) < 4.78 is 0. The largest absolute Gasteiger partial charge is 0.328 e. The number of hydrogen-bond donors (Lipinski definition) is 1. The second-order valence-electron chi connectivity index (χ2n) is 4.25. The Bertz CT molecular complexity index is 446. The highest BCUT2D eigenvalue weighted by molar-refractivity contribution is 5.63. The predicted molar refractivity (Wildman–Crippen MR) is 69.2 cm³/mol. The van der Waals surface area contributed by atoms with Gasteiger partial charge in [0.1, 0.15) is 0 Å². The molecule has 1 heteroatoms. The van der Waals surface area contributed by atoms with Gasteiger partial charge in [0.15, 0.2) is 0 Å². The van der Waals surface area contributed by atoms with Crippen LogP contribution in [-0.2, 0) is 6.42 Å². The summed E-state index contributed by atoms with van der Waals surface area (Å²) >= 11 is 0. The van der Waals surface area contributed by atoms with Crippen LogP contribution in [0.3, 0.4) is 0 Å². The molecule has 16 heavy (non-hydrogen) atoms. The average Bonchev–Trinajstić information content (AvgIpc) is 2.30. The lowest BCUT2D eigenvalue weighted by Gasteiger charge is -2.07. The number of rotatable bonds is 3. The molecule has 0 bridgehead atoms. The molecule has 0 heterocycles. The van der Waals surface area contributed by atoms with Crippen LogP contribution < -0.4 is 5.73 Å². The van der Waals surface area contributed by atoms with E-state index in [0.717, 1.165) is 6.42 Å². The van der Waals surface area contributed by atoms with Gasteiger partial charge >= 0.3 is 0 Å². The van der Waals surface area contributed by atoms with Gasteiger partial charge in [-0.3, -0.25) is 0 Å². The molecule has 2 N–H and O–H groups in total. The third-order valence-corrected chi connectivity index (χ3v) is 2.59. The molecule has 2 rings (SSSR count). The van der Waals surface area contributed by atoms with Gasteiger partial charge < -0.3 is 5.73 Å². The van der Waals surface area contributed by atoms with Crippen molar-refractivity contribution in [3.8, 4) is 11.1 Å². The summed E-state index contributed by atoms with van der Waals surface area (Å²) in [5.74, 6) is 0. The van der Waals surface area contributed by atoms with Gasteiger partial charge in [0.25, 0.3) is 0 Å². The SMILES string of the molecule is CC(N)Cc1cccc(-c2ccccc2)c1. The molecule has 0 spiro atoms. The zero-order valence-corrected chi connectivity index (χ0v) is 9.56. The maximum atomic E-state index is 5.81. The first kappa shape index (κ1) is 10.9. The van der Waals surface area contributed by atoms with Crippen LogP contribution in [0.1, 0.15) is 12.5 Å². The lowest BCUT2D eigenvalue weighted by molar-refractivity contribution is 0.738. The molecule has 0 aromatic heterocycles. The molecule has 0 radical (unpaired) electrons. The van der Waals surface area contributed by atoms with E-state index in [1.807, 2.05) is 13.0 Å². The zero-order chi connectivity index (χ0) is 11.4. The van der Waals surface area contributed by atoms with E-state index < -0.39 is 0 Å². The van der Waals surface area contributed by atoms with Crippen molar-refractivity contribution in [3.63, 3.8) is 0 Å². The summed E-state index contributed by atoms with van der Waals surface area (Å²) in [6.45, 7) is 2.04. The van der Waals surface area contributed by atoms with E-state index >= 15 is 0 Å². The smallest absolute Gasteiger partial charge is 0.00509 e. The molecule has 1 nitrogen and oxygen atoms in total. The van der Waals surface area contributed by atoms with Crippen molar-refractivity contribution in [2.45, 2.75) is 19.4 Å². The molecule has 0 aliphatic carbocycles. The number of benzene rings is 2. The van der Waals surface area contributed by atoms with Gasteiger partial charge in [-0.15, -0.1) is 0 Å². The van der Waals surface area contributed by atoms with Crippen molar-refractivity contribution in [2.75, 3.05) is 0 Å². The number of nitrogens with two attached hydrogens (primary N) is 1. The Morgan fingerprint density at radius 1 is 0.938 bits per heavy atom. The van der Waals surface area contributed by atoms with E-state index in [4.69, 9.17) is 5.73 Å². The van der Waals surface area contributed by atoms with Crippen molar-refractivity contribution < 1.29 is 0 Å². The van der Waals surface area contributed by atoms with Crippen LogP contribution in [0.25, 0.3) is 11.1 Å². The standard InChI is InChI=1S/C15H17N/c1-12(16)10-13-6-5-9-15(11-13)14-7-3-2-4-8-14/h2-9,11-12H,10,16H2,1H3. The molecule has 0 saturated heterocycles. The van der Waals surface area contributed by atoms with E-state index in [-0.39, 0.29) is 6.04 Å². The molecule has 0 fully saturated rings. The molecule has 0 amide bonds. The molecule has 2 aromatic carbocycles. The molecule has 0 aliphatic rings. The van der Waals surface area contributed by atoms with Crippen molar-refractivity contribution in [1.82, 2.24) is 0 Å². The predicted octanol–water partition coefficient (Wildman–Crippen LogP) is 3.24. The first-order valence-electron chi connectivity index (χ1n) is 5.65. The average molecular weight is 211 g/mol. The Morgan fingerprint density at radius 2 is 1.62 bits per heavy atom. The van der Waals surface area contributed by atoms with Gasteiger partial charge in [0.05, 0.1) is 0 Å². The van der Waals surface area contributed by atoms with E-state index in [2.05, 4.69) is 48.5 Å². The lowest BCUT2D eigenvalue weighted by atomic mass is 10.0. The molecule has 82 valence electrons. The monoisotopic (exact) mass is 211 g/mol. The summed E-state index contributed by atoms with van der Waals surface area (Å²) in [6, 6.07) is 19.2. The second kappa shape index (κ2) is 4.95. The van der Waals surface area contributed by atoms with Crippen molar-refractivity contribution in [1.29, 1.82) is 0 Å². The van der Waals surface area contributed by atoms with Gasteiger partial charge in [-0.2, -0.15) is 0 Å².